The third-order valence-corrected chi connectivity index (χ3v) is 7.26. The van der Waals surface area contributed by atoms with Crippen molar-refractivity contribution in [2.75, 3.05) is 11.9 Å². The Bertz CT molecular complexity index is 1500. The maximum atomic E-state index is 13.0. The van der Waals surface area contributed by atoms with E-state index in [4.69, 9.17) is 12.2 Å². The highest BCUT2D eigenvalue weighted by Gasteiger charge is 2.41. The number of hydrogen-bond acceptors (Lipinski definition) is 4. The number of para-hydroxylation sites is 1. The Balaban J connectivity index is 1.46. The number of aromatic nitrogens is 2. The molecule has 1 saturated heterocycles. The van der Waals surface area contributed by atoms with Gasteiger partial charge in [0.05, 0.1) is 23.3 Å². The van der Waals surface area contributed by atoms with Crippen molar-refractivity contribution in [3.05, 3.63) is 114 Å². The molecular formula is C30H29N5O3S. The first kappa shape index (κ1) is 26.1. The molecule has 1 aliphatic heterocycles. The molecule has 198 valence electrons. The lowest BCUT2D eigenvalue weighted by atomic mass is 10.0. The van der Waals surface area contributed by atoms with E-state index in [-0.39, 0.29) is 30.0 Å². The number of anilines is 1. The van der Waals surface area contributed by atoms with Gasteiger partial charge in [-0.2, -0.15) is 0 Å². The molecular weight excluding hydrogens is 510 g/mol. The van der Waals surface area contributed by atoms with Crippen molar-refractivity contribution in [2.45, 2.75) is 31.8 Å². The zero-order chi connectivity index (χ0) is 27.4. The molecule has 3 heterocycles. The molecule has 1 aliphatic rings. The highest BCUT2D eigenvalue weighted by molar-refractivity contribution is 7.80. The molecule has 2 unspecified atom stereocenters. The summed E-state index contributed by atoms with van der Waals surface area (Å²) >= 11 is 5.77. The smallest absolute Gasteiger partial charge is 0.335 e. The lowest BCUT2D eigenvalue weighted by Crippen LogP contribution is -2.33. The predicted molar refractivity (Wildman–Crippen MR) is 154 cm³/mol. The summed E-state index contributed by atoms with van der Waals surface area (Å²) in [4.78, 5) is 31.2. The number of aromatic carboxylic acids is 1. The fourth-order valence-electron chi connectivity index (χ4n) is 5.01. The topological polar surface area (TPSA) is 99.5 Å². The molecule has 0 saturated carbocycles. The van der Waals surface area contributed by atoms with Gasteiger partial charge in [0, 0.05) is 42.4 Å². The van der Waals surface area contributed by atoms with Gasteiger partial charge < -0.3 is 25.2 Å². The minimum absolute atomic E-state index is 0.0942. The molecule has 0 aliphatic carbocycles. The molecule has 2 atom stereocenters. The second kappa shape index (κ2) is 11.5. The molecule has 9 heteroatoms. The van der Waals surface area contributed by atoms with Crippen LogP contribution in [-0.2, 0) is 11.2 Å². The van der Waals surface area contributed by atoms with Gasteiger partial charge in [0.1, 0.15) is 0 Å². The summed E-state index contributed by atoms with van der Waals surface area (Å²) in [6.07, 6.45) is 4.71. The molecule has 1 fully saturated rings. The number of amides is 1. The lowest BCUT2D eigenvalue weighted by Gasteiger charge is -2.29. The Morgan fingerprint density at radius 3 is 2.64 bits per heavy atom. The van der Waals surface area contributed by atoms with Gasteiger partial charge in [-0.3, -0.25) is 9.78 Å². The van der Waals surface area contributed by atoms with Crippen molar-refractivity contribution in [3.8, 4) is 5.69 Å². The average Bonchev–Trinajstić information content (AvgIpc) is 3.57. The van der Waals surface area contributed by atoms with E-state index in [0.29, 0.717) is 11.7 Å². The van der Waals surface area contributed by atoms with Crippen LogP contribution in [0.15, 0.2) is 91.3 Å². The van der Waals surface area contributed by atoms with E-state index < -0.39 is 5.97 Å². The molecule has 39 heavy (non-hydrogen) atoms. The Morgan fingerprint density at radius 2 is 1.87 bits per heavy atom. The molecule has 1 amide bonds. The summed E-state index contributed by atoms with van der Waals surface area (Å²) in [7, 11) is 0. The molecule has 2 aromatic heterocycles. The molecule has 0 bridgehead atoms. The van der Waals surface area contributed by atoms with E-state index in [1.807, 2.05) is 76.3 Å². The molecule has 2 aromatic carbocycles. The van der Waals surface area contributed by atoms with Gasteiger partial charge in [-0.25, -0.2) is 4.79 Å². The van der Waals surface area contributed by atoms with Crippen LogP contribution in [0.3, 0.4) is 0 Å². The quantitative estimate of drug-likeness (QED) is 0.254. The van der Waals surface area contributed by atoms with Crippen LogP contribution >= 0.6 is 12.2 Å². The van der Waals surface area contributed by atoms with Crippen LogP contribution in [-0.4, -0.2) is 43.1 Å². The monoisotopic (exact) mass is 539 g/mol. The van der Waals surface area contributed by atoms with E-state index in [1.165, 1.54) is 0 Å². The SMILES string of the molecule is CCc1ccccc1NC(=O)CCN1C(=S)NC(c2ccccn2)C1c1cccn1-c1cccc(C(=O)O)c1. The summed E-state index contributed by atoms with van der Waals surface area (Å²) in [5.74, 6) is -1.08. The van der Waals surface area contributed by atoms with Gasteiger partial charge in [0.2, 0.25) is 5.91 Å². The van der Waals surface area contributed by atoms with Crippen molar-refractivity contribution in [3.63, 3.8) is 0 Å². The third-order valence-electron chi connectivity index (χ3n) is 6.90. The first-order valence-corrected chi connectivity index (χ1v) is 13.2. The number of carboxylic acids is 1. The summed E-state index contributed by atoms with van der Waals surface area (Å²) < 4.78 is 1.97. The molecule has 5 rings (SSSR count). The van der Waals surface area contributed by atoms with E-state index >= 15 is 0 Å². The third kappa shape index (κ3) is 5.53. The minimum Gasteiger partial charge on any atom is -0.478 e. The number of pyridine rings is 1. The van der Waals surface area contributed by atoms with Crippen molar-refractivity contribution >= 4 is 34.9 Å². The number of aryl methyl sites for hydroxylation is 1. The fourth-order valence-corrected chi connectivity index (χ4v) is 5.34. The van der Waals surface area contributed by atoms with Crippen molar-refractivity contribution < 1.29 is 14.7 Å². The van der Waals surface area contributed by atoms with Crippen LogP contribution in [0.25, 0.3) is 5.69 Å². The molecule has 0 spiro atoms. The minimum atomic E-state index is -0.988. The van der Waals surface area contributed by atoms with E-state index in [9.17, 15) is 14.7 Å². The summed E-state index contributed by atoms with van der Waals surface area (Å²) in [5, 5.41) is 16.5. The Kier molecular flexibility index (Phi) is 7.69. The van der Waals surface area contributed by atoms with Crippen molar-refractivity contribution in [1.29, 1.82) is 0 Å². The maximum absolute atomic E-state index is 13.0. The van der Waals surface area contributed by atoms with Crippen LogP contribution < -0.4 is 10.6 Å². The number of benzene rings is 2. The van der Waals surface area contributed by atoms with E-state index in [0.717, 1.165) is 34.7 Å². The van der Waals surface area contributed by atoms with Gasteiger partial charge in [-0.1, -0.05) is 37.3 Å². The number of thiocarbonyl (C=S) groups is 1. The number of carboxylic acid groups (broad SMARTS) is 1. The maximum Gasteiger partial charge on any atom is 0.335 e. The van der Waals surface area contributed by atoms with Crippen molar-refractivity contribution in [2.24, 2.45) is 0 Å². The van der Waals surface area contributed by atoms with Crippen LogP contribution in [0, 0.1) is 0 Å². The zero-order valence-corrected chi connectivity index (χ0v) is 22.3. The normalized spacial score (nSPS) is 16.6. The number of carbonyl (C=O) groups is 2. The zero-order valence-electron chi connectivity index (χ0n) is 21.4. The molecule has 8 nitrogen and oxygen atoms in total. The Hall–Kier alpha value is -4.50. The van der Waals surface area contributed by atoms with Crippen LogP contribution in [0.2, 0.25) is 0 Å². The number of nitrogens with zero attached hydrogens (tertiary/aromatic N) is 3. The summed E-state index contributed by atoms with van der Waals surface area (Å²) in [6.45, 7) is 2.45. The van der Waals surface area contributed by atoms with E-state index in [2.05, 4.69) is 22.5 Å². The Morgan fingerprint density at radius 1 is 1.05 bits per heavy atom. The van der Waals surface area contributed by atoms with Crippen molar-refractivity contribution in [1.82, 2.24) is 19.8 Å². The van der Waals surface area contributed by atoms with Gasteiger partial charge >= 0.3 is 5.97 Å². The molecule has 0 radical (unpaired) electrons. The number of hydrogen-bond donors (Lipinski definition) is 3. The summed E-state index contributed by atoms with van der Waals surface area (Å²) in [5.41, 5.74) is 4.55. The van der Waals surface area contributed by atoms with Crippen LogP contribution in [0.5, 0.6) is 0 Å². The van der Waals surface area contributed by atoms with Crippen LogP contribution in [0.4, 0.5) is 5.69 Å². The number of rotatable bonds is 9. The lowest BCUT2D eigenvalue weighted by molar-refractivity contribution is -0.116. The first-order valence-electron chi connectivity index (χ1n) is 12.8. The number of carbonyl (C=O) groups excluding carboxylic acids is 1. The number of nitrogens with one attached hydrogen (secondary N) is 2. The van der Waals surface area contributed by atoms with Gasteiger partial charge in [0.15, 0.2) is 5.11 Å². The second-order valence-electron chi connectivity index (χ2n) is 9.29. The highest BCUT2D eigenvalue weighted by atomic mass is 32.1. The van der Waals surface area contributed by atoms with E-state index in [1.54, 1.807) is 24.4 Å². The van der Waals surface area contributed by atoms with Gasteiger partial charge in [-0.15, -0.1) is 0 Å². The molecule has 3 N–H and O–H groups in total. The van der Waals surface area contributed by atoms with Gasteiger partial charge in [0.25, 0.3) is 0 Å². The van der Waals surface area contributed by atoms with Crippen LogP contribution in [0.1, 0.15) is 52.7 Å². The summed E-state index contributed by atoms with van der Waals surface area (Å²) in [6, 6.07) is 23.7. The average molecular weight is 540 g/mol. The predicted octanol–water partition coefficient (Wildman–Crippen LogP) is 5.13. The first-order chi connectivity index (χ1) is 19.0. The second-order valence-corrected chi connectivity index (χ2v) is 9.67. The standard InChI is InChI=1S/C30H29N5O3S/c1-2-20-9-3-4-12-23(20)32-26(36)15-18-35-28(27(33-30(35)39)24-13-5-6-16-31-24)25-14-8-17-34(25)22-11-7-10-21(19-22)29(37)38/h3-14,16-17,19,27-28H,2,15,18H2,1H3,(H,32,36)(H,33,39)(H,37,38). The highest BCUT2D eigenvalue weighted by Crippen LogP contribution is 2.39. The largest absolute Gasteiger partial charge is 0.478 e. The fraction of sp³-hybridized carbons (Fsp3) is 0.200. The Labute approximate surface area is 232 Å². The molecule has 4 aromatic rings. The van der Waals surface area contributed by atoms with Gasteiger partial charge in [-0.05, 0) is 72.7 Å².